The molecule has 0 spiro atoms. The largest absolute Gasteiger partial charge is 0.349 e. The summed E-state index contributed by atoms with van der Waals surface area (Å²) in [6.07, 6.45) is 1.07. The lowest BCUT2D eigenvalue weighted by molar-refractivity contribution is -0.119. The van der Waals surface area contributed by atoms with Crippen molar-refractivity contribution in [1.82, 2.24) is 24.9 Å². The van der Waals surface area contributed by atoms with Gasteiger partial charge in [0.15, 0.2) is 0 Å². The molecular formula is C21H27N5OS. The highest BCUT2D eigenvalue weighted by atomic mass is 32.2. The predicted octanol–water partition coefficient (Wildman–Crippen LogP) is 3.91. The second-order valence-corrected chi connectivity index (χ2v) is 8.51. The first kappa shape index (κ1) is 20.3. The SMILES string of the molecule is Cc1cc(C)n2nc(SCC(=O)N[C@@H](C)c3ccc(CC(C)C)cc3)nc2n1. The van der Waals surface area contributed by atoms with E-state index in [0.29, 0.717) is 16.9 Å². The van der Waals surface area contributed by atoms with E-state index in [9.17, 15) is 4.79 Å². The van der Waals surface area contributed by atoms with Gasteiger partial charge in [-0.1, -0.05) is 49.9 Å². The standard InChI is InChI=1S/C21H27N5OS/c1-13(2)10-17-6-8-18(9-7-17)16(5)23-19(27)12-28-21-24-20-22-14(3)11-15(4)26(20)25-21/h6-9,11,13,16H,10,12H2,1-5H3,(H,23,27)/t16-/m0/s1. The van der Waals surface area contributed by atoms with Crippen molar-refractivity contribution in [1.29, 1.82) is 0 Å². The molecule has 1 amide bonds. The third-order valence-corrected chi connectivity index (χ3v) is 5.27. The lowest BCUT2D eigenvalue weighted by atomic mass is 10.00. The Labute approximate surface area is 170 Å². The zero-order valence-electron chi connectivity index (χ0n) is 17.1. The number of fused-ring (bicyclic) bond motifs is 1. The first-order valence-corrected chi connectivity index (χ1v) is 10.5. The number of rotatable bonds is 7. The molecule has 3 rings (SSSR count). The number of thioether (sulfide) groups is 1. The first-order valence-electron chi connectivity index (χ1n) is 9.54. The maximum absolute atomic E-state index is 12.3. The van der Waals surface area contributed by atoms with E-state index in [1.807, 2.05) is 26.8 Å². The van der Waals surface area contributed by atoms with Crippen molar-refractivity contribution < 1.29 is 4.79 Å². The Bertz CT molecular complexity index is 965. The molecule has 0 radical (unpaired) electrons. The van der Waals surface area contributed by atoms with Crippen LogP contribution in [0, 0.1) is 19.8 Å². The molecule has 0 unspecified atom stereocenters. The summed E-state index contributed by atoms with van der Waals surface area (Å²) in [6.45, 7) is 10.3. The third-order valence-electron chi connectivity index (χ3n) is 4.43. The molecule has 0 saturated carbocycles. The topological polar surface area (TPSA) is 72.2 Å². The first-order chi connectivity index (χ1) is 13.3. The maximum atomic E-state index is 12.3. The van der Waals surface area contributed by atoms with Gasteiger partial charge < -0.3 is 5.32 Å². The van der Waals surface area contributed by atoms with Crippen LogP contribution in [0.2, 0.25) is 0 Å². The molecule has 1 atom stereocenters. The van der Waals surface area contributed by atoms with Crippen LogP contribution >= 0.6 is 11.8 Å². The molecule has 6 nitrogen and oxygen atoms in total. The molecule has 0 fully saturated rings. The average Bonchev–Trinajstić information content (AvgIpc) is 3.03. The van der Waals surface area contributed by atoms with E-state index in [0.717, 1.165) is 23.4 Å². The Morgan fingerprint density at radius 3 is 2.54 bits per heavy atom. The van der Waals surface area contributed by atoms with E-state index < -0.39 is 0 Å². The van der Waals surface area contributed by atoms with Gasteiger partial charge in [-0.2, -0.15) is 4.98 Å². The zero-order valence-corrected chi connectivity index (χ0v) is 17.9. The van der Waals surface area contributed by atoms with Gasteiger partial charge in [0, 0.05) is 11.4 Å². The van der Waals surface area contributed by atoms with E-state index >= 15 is 0 Å². The zero-order chi connectivity index (χ0) is 20.3. The van der Waals surface area contributed by atoms with Crippen LogP contribution < -0.4 is 5.32 Å². The number of nitrogens with zero attached hydrogens (tertiary/aromatic N) is 4. The third kappa shape index (κ3) is 5.10. The van der Waals surface area contributed by atoms with E-state index in [1.165, 1.54) is 17.3 Å². The van der Waals surface area contributed by atoms with Crippen molar-refractivity contribution in [2.75, 3.05) is 5.75 Å². The van der Waals surface area contributed by atoms with Crippen LogP contribution in [-0.2, 0) is 11.2 Å². The summed E-state index contributed by atoms with van der Waals surface area (Å²) in [5, 5.41) is 8.02. The van der Waals surface area contributed by atoms with Crippen molar-refractivity contribution in [3.8, 4) is 0 Å². The van der Waals surface area contributed by atoms with Crippen LogP contribution in [0.15, 0.2) is 35.5 Å². The monoisotopic (exact) mass is 397 g/mol. The molecule has 0 bridgehead atoms. The lowest BCUT2D eigenvalue weighted by Crippen LogP contribution is -2.28. The molecule has 7 heteroatoms. The number of hydrogen-bond donors (Lipinski definition) is 1. The number of aryl methyl sites for hydroxylation is 2. The van der Waals surface area contributed by atoms with Gasteiger partial charge in [0.25, 0.3) is 5.78 Å². The van der Waals surface area contributed by atoms with E-state index in [-0.39, 0.29) is 17.7 Å². The Balaban J connectivity index is 1.56. The fraction of sp³-hybridized carbons (Fsp3) is 0.429. The molecular weight excluding hydrogens is 370 g/mol. The highest BCUT2D eigenvalue weighted by Crippen LogP contribution is 2.18. The lowest BCUT2D eigenvalue weighted by Gasteiger charge is -2.15. The van der Waals surface area contributed by atoms with E-state index in [4.69, 9.17) is 0 Å². The quantitative estimate of drug-likeness (QED) is 0.612. The van der Waals surface area contributed by atoms with Gasteiger partial charge in [-0.25, -0.2) is 9.50 Å². The minimum Gasteiger partial charge on any atom is -0.349 e. The minimum absolute atomic E-state index is 0.0384. The van der Waals surface area contributed by atoms with Crippen molar-refractivity contribution >= 4 is 23.4 Å². The van der Waals surface area contributed by atoms with Crippen LogP contribution in [0.3, 0.4) is 0 Å². The summed E-state index contributed by atoms with van der Waals surface area (Å²) in [4.78, 5) is 21.1. The van der Waals surface area contributed by atoms with Crippen LogP contribution in [-0.4, -0.2) is 31.2 Å². The van der Waals surface area contributed by atoms with Crippen molar-refractivity contribution in [3.63, 3.8) is 0 Å². The smallest absolute Gasteiger partial charge is 0.253 e. The fourth-order valence-electron chi connectivity index (χ4n) is 3.12. The molecule has 2 heterocycles. The number of nitrogens with one attached hydrogen (secondary N) is 1. The predicted molar refractivity (Wildman–Crippen MR) is 113 cm³/mol. The van der Waals surface area contributed by atoms with Gasteiger partial charge in [-0.15, -0.1) is 5.10 Å². The summed E-state index contributed by atoms with van der Waals surface area (Å²) in [7, 11) is 0. The van der Waals surface area contributed by atoms with Crippen LogP contribution in [0.25, 0.3) is 5.78 Å². The molecule has 0 aliphatic rings. The number of carbonyl (C=O) groups is 1. The molecule has 1 N–H and O–H groups in total. The molecule has 0 aliphatic carbocycles. The second kappa shape index (κ2) is 8.73. The van der Waals surface area contributed by atoms with Gasteiger partial charge in [0.1, 0.15) is 0 Å². The molecule has 2 aromatic heterocycles. The summed E-state index contributed by atoms with van der Waals surface area (Å²) >= 11 is 1.32. The van der Waals surface area contributed by atoms with Crippen molar-refractivity contribution in [2.45, 2.75) is 52.2 Å². The molecule has 1 aromatic carbocycles. The minimum atomic E-state index is -0.0400. The van der Waals surface area contributed by atoms with Crippen LogP contribution in [0.5, 0.6) is 0 Å². The Hall–Kier alpha value is -2.41. The summed E-state index contributed by atoms with van der Waals surface area (Å²) < 4.78 is 1.70. The Morgan fingerprint density at radius 2 is 1.86 bits per heavy atom. The van der Waals surface area contributed by atoms with Crippen LogP contribution in [0.4, 0.5) is 0 Å². The molecule has 0 saturated heterocycles. The number of aromatic nitrogens is 4. The average molecular weight is 398 g/mol. The Kier molecular flexibility index (Phi) is 6.34. The number of benzene rings is 1. The molecule has 148 valence electrons. The maximum Gasteiger partial charge on any atom is 0.253 e. The van der Waals surface area contributed by atoms with Gasteiger partial charge >= 0.3 is 0 Å². The normalized spacial score (nSPS) is 12.5. The number of carbonyl (C=O) groups excluding carboxylic acids is 1. The Morgan fingerprint density at radius 1 is 1.14 bits per heavy atom. The van der Waals surface area contributed by atoms with E-state index in [2.05, 4.69) is 58.5 Å². The highest BCUT2D eigenvalue weighted by molar-refractivity contribution is 7.99. The summed E-state index contributed by atoms with van der Waals surface area (Å²) in [5.74, 6) is 1.43. The highest BCUT2D eigenvalue weighted by Gasteiger charge is 2.13. The molecule has 3 aromatic rings. The van der Waals surface area contributed by atoms with Gasteiger partial charge in [-0.3, -0.25) is 4.79 Å². The number of hydrogen-bond acceptors (Lipinski definition) is 5. The summed E-state index contributed by atoms with van der Waals surface area (Å²) in [5.41, 5.74) is 4.30. The van der Waals surface area contributed by atoms with Gasteiger partial charge in [0.05, 0.1) is 11.8 Å². The van der Waals surface area contributed by atoms with Gasteiger partial charge in [0.2, 0.25) is 11.1 Å². The number of amides is 1. The van der Waals surface area contributed by atoms with Crippen molar-refractivity contribution in [2.24, 2.45) is 5.92 Å². The molecule has 0 aliphatic heterocycles. The summed E-state index contributed by atoms with van der Waals surface area (Å²) in [6, 6.07) is 10.4. The van der Waals surface area contributed by atoms with Gasteiger partial charge in [-0.05, 0) is 50.3 Å². The molecule has 28 heavy (non-hydrogen) atoms. The second-order valence-electron chi connectivity index (χ2n) is 7.56. The van der Waals surface area contributed by atoms with E-state index in [1.54, 1.807) is 4.52 Å². The van der Waals surface area contributed by atoms with Crippen LogP contribution in [0.1, 0.15) is 49.3 Å². The van der Waals surface area contributed by atoms with Crippen molar-refractivity contribution in [3.05, 3.63) is 52.8 Å². The fourth-order valence-corrected chi connectivity index (χ4v) is 3.75.